The van der Waals surface area contributed by atoms with Crippen LogP contribution >= 0.6 is 0 Å². The number of aliphatic hydroxyl groups is 1. The third-order valence-electron chi connectivity index (χ3n) is 5.55. The molecule has 0 radical (unpaired) electrons. The molecule has 0 saturated carbocycles. The quantitative estimate of drug-likeness (QED) is 0.450. The van der Waals surface area contributed by atoms with Crippen molar-refractivity contribution in [2.75, 3.05) is 38.0 Å². The Labute approximate surface area is 188 Å². The molecule has 2 heterocycles. The molecule has 0 spiro atoms. The van der Waals surface area contributed by atoms with Crippen LogP contribution in [0, 0.1) is 0 Å². The maximum Gasteiger partial charge on any atom is 0.357 e. The van der Waals surface area contributed by atoms with Crippen LogP contribution in [0.2, 0.25) is 0 Å². The summed E-state index contributed by atoms with van der Waals surface area (Å²) >= 11 is 0. The summed E-state index contributed by atoms with van der Waals surface area (Å²) in [5, 5.41) is 14.2. The summed E-state index contributed by atoms with van der Waals surface area (Å²) < 4.78 is 29.1. The van der Waals surface area contributed by atoms with Crippen molar-refractivity contribution in [2.45, 2.75) is 19.7 Å². The van der Waals surface area contributed by atoms with Crippen LogP contribution in [0.5, 0.6) is 0 Å². The van der Waals surface area contributed by atoms with Gasteiger partial charge in [0.1, 0.15) is 17.7 Å². The lowest BCUT2D eigenvalue weighted by Crippen LogP contribution is -2.53. The molecule has 1 atom stereocenters. The number of aromatic amines is 1. The molecule has 0 amide bonds. The number of piperazine rings is 1. The van der Waals surface area contributed by atoms with Gasteiger partial charge in [0, 0.05) is 31.6 Å². The SMILES string of the molecule is C[C@@H](O)CNc1[nH]c2ccccc2[n+]1CN1CCN(S(=O)(=O)/C=C/c2ccccc2)CC1. The molecule has 0 unspecified atom stereocenters. The summed E-state index contributed by atoms with van der Waals surface area (Å²) in [5.74, 6) is 0.827. The highest BCUT2D eigenvalue weighted by Crippen LogP contribution is 2.15. The third kappa shape index (κ3) is 5.36. The van der Waals surface area contributed by atoms with Gasteiger partial charge in [0.2, 0.25) is 10.0 Å². The minimum absolute atomic E-state index is 0.437. The van der Waals surface area contributed by atoms with E-state index >= 15 is 0 Å². The van der Waals surface area contributed by atoms with E-state index in [1.807, 2.05) is 48.5 Å². The Morgan fingerprint density at radius 3 is 2.50 bits per heavy atom. The number of aliphatic hydroxyl groups excluding tert-OH is 1. The first-order valence-electron chi connectivity index (χ1n) is 10.8. The molecule has 1 aromatic heterocycles. The molecule has 0 bridgehead atoms. The number of benzene rings is 2. The molecule has 2 aromatic carbocycles. The number of imidazole rings is 1. The van der Waals surface area contributed by atoms with Crippen LogP contribution in [0.3, 0.4) is 0 Å². The van der Waals surface area contributed by atoms with Crippen LogP contribution in [0.4, 0.5) is 5.95 Å². The molecule has 4 rings (SSSR count). The minimum Gasteiger partial charge on any atom is -0.390 e. The lowest BCUT2D eigenvalue weighted by molar-refractivity contribution is -0.677. The molecule has 3 aromatic rings. The normalized spacial score (nSPS) is 17.2. The molecular weight excluding hydrogens is 426 g/mol. The summed E-state index contributed by atoms with van der Waals surface area (Å²) in [7, 11) is -3.45. The second-order valence-electron chi connectivity index (χ2n) is 8.07. The molecule has 9 heteroatoms. The van der Waals surface area contributed by atoms with Crippen LogP contribution in [-0.4, -0.2) is 66.5 Å². The summed E-state index contributed by atoms with van der Waals surface area (Å²) in [5.41, 5.74) is 2.93. The Morgan fingerprint density at radius 1 is 1.09 bits per heavy atom. The van der Waals surface area contributed by atoms with E-state index in [-0.39, 0.29) is 0 Å². The number of hydrogen-bond donors (Lipinski definition) is 3. The first kappa shape index (κ1) is 22.5. The van der Waals surface area contributed by atoms with Crippen LogP contribution < -0.4 is 9.88 Å². The average Bonchev–Trinajstić information content (AvgIpc) is 3.15. The highest BCUT2D eigenvalue weighted by Gasteiger charge is 2.27. The van der Waals surface area contributed by atoms with E-state index < -0.39 is 16.1 Å². The third-order valence-corrected chi connectivity index (χ3v) is 7.11. The Bertz CT molecular complexity index is 1170. The molecule has 0 aliphatic carbocycles. The van der Waals surface area contributed by atoms with E-state index in [1.165, 1.54) is 9.71 Å². The number of nitrogens with zero attached hydrogens (tertiary/aromatic N) is 3. The zero-order chi connectivity index (χ0) is 22.6. The van der Waals surface area contributed by atoms with Gasteiger partial charge in [-0.1, -0.05) is 42.5 Å². The van der Waals surface area contributed by atoms with Crippen molar-refractivity contribution in [3.63, 3.8) is 0 Å². The van der Waals surface area contributed by atoms with E-state index in [4.69, 9.17) is 0 Å². The number of aromatic nitrogens is 2. The Balaban J connectivity index is 1.42. The molecule has 170 valence electrons. The molecule has 3 N–H and O–H groups in total. The first-order chi connectivity index (χ1) is 15.4. The van der Waals surface area contributed by atoms with Crippen molar-refractivity contribution in [1.29, 1.82) is 0 Å². The average molecular weight is 457 g/mol. The Morgan fingerprint density at radius 2 is 1.78 bits per heavy atom. The molecular formula is C23H30N5O3S+. The second-order valence-corrected chi connectivity index (χ2v) is 9.88. The van der Waals surface area contributed by atoms with Crippen molar-refractivity contribution >= 4 is 33.1 Å². The van der Waals surface area contributed by atoms with Crippen molar-refractivity contribution in [2.24, 2.45) is 0 Å². The van der Waals surface area contributed by atoms with Gasteiger partial charge in [-0.25, -0.2) is 18.0 Å². The van der Waals surface area contributed by atoms with E-state index in [2.05, 4.69) is 25.8 Å². The van der Waals surface area contributed by atoms with E-state index in [0.717, 1.165) is 22.5 Å². The zero-order valence-corrected chi connectivity index (χ0v) is 19.0. The standard InChI is InChI=1S/C23H29N5O3S/c1-19(29)17-24-23-25-21-9-5-6-10-22(21)28(23)18-26-12-14-27(15-13-26)32(30,31)16-11-20-7-3-2-4-8-20/h2-11,16,19,29H,12-15,17-18H2,1H3,(H,24,25)/p+1/b16-11+/t19-/m1/s1. The molecule has 1 saturated heterocycles. The van der Waals surface area contributed by atoms with Crippen LogP contribution in [-0.2, 0) is 16.7 Å². The number of hydrogen-bond acceptors (Lipinski definition) is 5. The Hall–Kier alpha value is -2.72. The number of fused-ring (bicyclic) bond motifs is 1. The van der Waals surface area contributed by atoms with Gasteiger partial charge in [0.25, 0.3) is 0 Å². The topological polar surface area (TPSA) is 92.6 Å². The predicted octanol–water partition coefficient (Wildman–Crippen LogP) is 1.82. The Kier molecular flexibility index (Phi) is 6.90. The van der Waals surface area contributed by atoms with Crippen LogP contribution in [0.25, 0.3) is 17.1 Å². The minimum atomic E-state index is -3.45. The predicted molar refractivity (Wildman–Crippen MR) is 126 cm³/mol. The highest BCUT2D eigenvalue weighted by atomic mass is 32.2. The fraction of sp³-hybridized carbons (Fsp3) is 0.348. The van der Waals surface area contributed by atoms with Crippen molar-refractivity contribution < 1.29 is 18.1 Å². The van der Waals surface area contributed by atoms with Gasteiger partial charge < -0.3 is 5.11 Å². The van der Waals surface area contributed by atoms with Gasteiger partial charge in [-0.15, -0.1) is 0 Å². The smallest absolute Gasteiger partial charge is 0.357 e. The van der Waals surface area contributed by atoms with Gasteiger partial charge in [-0.05, 0) is 30.7 Å². The van der Waals surface area contributed by atoms with Crippen LogP contribution in [0.1, 0.15) is 12.5 Å². The van der Waals surface area contributed by atoms with Gasteiger partial charge in [-0.2, -0.15) is 4.31 Å². The fourth-order valence-corrected chi connectivity index (χ4v) is 4.97. The molecule has 8 nitrogen and oxygen atoms in total. The molecule has 32 heavy (non-hydrogen) atoms. The zero-order valence-electron chi connectivity index (χ0n) is 18.2. The summed E-state index contributed by atoms with van der Waals surface area (Å²) in [4.78, 5) is 5.61. The van der Waals surface area contributed by atoms with Gasteiger partial charge in [-0.3, -0.25) is 10.2 Å². The van der Waals surface area contributed by atoms with Crippen molar-refractivity contribution in [1.82, 2.24) is 14.2 Å². The monoisotopic (exact) mass is 456 g/mol. The summed E-state index contributed by atoms with van der Waals surface area (Å²) in [6, 6.07) is 17.5. The maximum absolute atomic E-state index is 12.7. The lowest BCUT2D eigenvalue weighted by Gasteiger charge is -2.32. The van der Waals surface area contributed by atoms with Gasteiger partial charge in [0.15, 0.2) is 0 Å². The summed E-state index contributed by atoms with van der Waals surface area (Å²) in [6.07, 6.45) is 1.18. The number of nitrogens with one attached hydrogen (secondary N) is 2. The van der Waals surface area contributed by atoms with Crippen LogP contribution in [0.15, 0.2) is 60.0 Å². The maximum atomic E-state index is 12.7. The molecule has 1 aliphatic heterocycles. The summed E-state index contributed by atoms with van der Waals surface area (Å²) in [6.45, 7) is 4.97. The molecule has 1 fully saturated rings. The van der Waals surface area contributed by atoms with E-state index in [9.17, 15) is 13.5 Å². The highest BCUT2D eigenvalue weighted by molar-refractivity contribution is 7.92. The largest absolute Gasteiger partial charge is 0.390 e. The first-order valence-corrected chi connectivity index (χ1v) is 12.3. The van der Waals surface area contributed by atoms with E-state index in [0.29, 0.717) is 39.4 Å². The molecule has 1 aliphatic rings. The lowest BCUT2D eigenvalue weighted by atomic mass is 10.2. The van der Waals surface area contributed by atoms with Gasteiger partial charge in [0.05, 0.1) is 12.6 Å². The number of rotatable bonds is 8. The number of sulfonamides is 1. The number of anilines is 1. The number of H-pyrrole nitrogens is 1. The van der Waals surface area contributed by atoms with Crippen molar-refractivity contribution in [3.05, 3.63) is 65.6 Å². The van der Waals surface area contributed by atoms with Crippen molar-refractivity contribution in [3.8, 4) is 0 Å². The van der Waals surface area contributed by atoms with E-state index in [1.54, 1.807) is 13.0 Å². The number of para-hydroxylation sites is 2. The second kappa shape index (κ2) is 9.83. The van der Waals surface area contributed by atoms with Gasteiger partial charge >= 0.3 is 5.95 Å². The fourth-order valence-electron chi connectivity index (χ4n) is 3.80.